The topological polar surface area (TPSA) is 38.1 Å². The normalized spacial score (nSPS) is 13.0. The van der Waals surface area contributed by atoms with Crippen LogP contribution in [0.4, 0.5) is 0 Å². The van der Waals surface area contributed by atoms with Crippen LogP contribution in [0, 0.1) is 0 Å². The molecule has 1 heterocycles. The Hall–Kier alpha value is -0.830. The summed E-state index contributed by atoms with van der Waals surface area (Å²) >= 11 is 0. The molecule has 3 nitrogen and oxygen atoms in total. The molecular formula is C12H22N2O. The number of aromatic nitrogens is 2. The Morgan fingerprint density at radius 1 is 1.40 bits per heavy atom. The molecule has 3 heteroatoms. The van der Waals surface area contributed by atoms with E-state index in [-0.39, 0.29) is 6.10 Å². The van der Waals surface area contributed by atoms with Crippen LogP contribution in [-0.4, -0.2) is 20.8 Å². The monoisotopic (exact) mass is 210 g/mol. The molecule has 15 heavy (non-hydrogen) atoms. The van der Waals surface area contributed by atoms with Crippen LogP contribution in [0.5, 0.6) is 0 Å². The predicted molar refractivity (Wildman–Crippen MR) is 61.8 cm³/mol. The van der Waals surface area contributed by atoms with Crippen molar-refractivity contribution >= 4 is 0 Å². The zero-order valence-corrected chi connectivity index (χ0v) is 9.82. The fourth-order valence-corrected chi connectivity index (χ4v) is 1.73. The van der Waals surface area contributed by atoms with E-state index in [0.29, 0.717) is 6.42 Å². The quantitative estimate of drug-likeness (QED) is 0.750. The Morgan fingerprint density at radius 2 is 2.20 bits per heavy atom. The second-order valence-corrected chi connectivity index (χ2v) is 4.04. The summed E-state index contributed by atoms with van der Waals surface area (Å²) in [5.41, 5.74) is 0. The number of hydrogen-bond acceptors (Lipinski definition) is 2. The second-order valence-electron chi connectivity index (χ2n) is 4.04. The predicted octanol–water partition coefficient (Wildman–Crippen LogP) is 2.39. The molecule has 1 unspecified atom stereocenters. The summed E-state index contributed by atoms with van der Waals surface area (Å²) in [7, 11) is 0. The lowest BCUT2D eigenvalue weighted by Crippen LogP contribution is -2.14. The lowest BCUT2D eigenvalue weighted by molar-refractivity contribution is 0.158. The van der Waals surface area contributed by atoms with Crippen LogP contribution in [0.2, 0.25) is 0 Å². The van der Waals surface area contributed by atoms with Gasteiger partial charge in [-0.25, -0.2) is 4.98 Å². The minimum absolute atomic E-state index is 0.233. The number of aliphatic hydroxyl groups excluding tert-OH is 1. The molecule has 1 N–H and O–H groups in total. The molecule has 0 spiro atoms. The third kappa shape index (κ3) is 4.04. The van der Waals surface area contributed by atoms with Gasteiger partial charge in [-0.05, 0) is 12.8 Å². The van der Waals surface area contributed by atoms with Gasteiger partial charge in [-0.2, -0.15) is 0 Å². The Morgan fingerprint density at radius 3 is 2.87 bits per heavy atom. The molecule has 0 saturated heterocycles. The standard InChI is InChI=1S/C12H22N2O/c1-3-5-6-11(15)10-12-13-7-9-14(12)8-4-2/h7,9,11,15H,3-6,8,10H2,1-2H3. The van der Waals surface area contributed by atoms with E-state index < -0.39 is 0 Å². The molecule has 0 aliphatic heterocycles. The van der Waals surface area contributed by atoms with Crippen molar-refractivity contribution < 1.29 is 5.11 Å². The average Bonchev–Trinajstić information content (AvgIpc) is 2.63. The summed E-state index contributed by atoms with van der Waals surface area (Å²) in [6.45, 7) is 5.29. The zero-order valence-electron chi connectivity index (χ0n) is 9.82. The molecule has 0 saturated carbocycles. The van der Waals surface area contributed by atoms with E-state index in [0.717, 1.165) is 38.1 Å². The minimum atomic E-state index is -0.233. The highest BCUT2D eigenvalue weighted by molar-refractivity contribution is 4.94. The first-order valence-electron chi connectivity index (χ1n) is 5.96. The van der Waals surface area contributed by atoms with Crippen LogP contribution in [0.1, 0.15) is 45.4 Å². The van der Waals surface area contributed by atoms with E-state index >= 15 is 0 Å². The van der Waals surface area contributed by atoms with Crippen LogP contribution >= 0.6 is 0 Å². The van der Waals surface area contributed by atoms with E-state index in [9.17, 15) is 5.11 Å². The summed E-state index contributed by atoms with van der Waals surface area (Å²) < 4.78 is 2.13. The van der Waals surface area contributed by atoms with Crippen molar-refractivity contribution in [2.75, 3.05) is 0 Å². The Bertz CT molecular complexity index is 270. The lowest BCUT2D eigenvalue weighted by atomic mass is 10.1. The van der Waals surface area contributed by atoms with Crippen LogP contribution in [0.25, 0.3) is 0 Å². The highest BCUT2D eigenvalue weighted by atomic mass is 16.3. The maximum atomic E-state index is 9.79. The van der Waals surface area contributed by atoms with Crippen molar-refractivity contribution in [3.8, 4) is 0 Å². The van der Waals surface area contributed by atoms with E-state index in [1.54, 1.807) is 0 Å². The molecule has 0 bridgehead atoms. The summed E-state index contributed by atoms with van der Waals surface area (Å²) in [4.78, 5) is 4.29. The van der Waals surface area contributed by atoms with Crippen LogP contribution in [-0.2, 0) is 13.0 Å². The minimum Gasteiger partial charge on any atom is -0.393 e. The van der Waals surface area contributed by atoms with E-state index in [2.05, 4.69) is 23.4 Å². The molecule has 1 rings (SSSR count). The van der Waals surface area contributed by atoms with Gasteiger partial charge in [0.2, 0.25) is 0 Å². The summed E-state index contributed by atoms with van der Waals surface area (Å²) in [5.74, 6) is 1.01. The molecule has 0 fully saturated rings. The van der Waals surface area contributed by atoms with Crippen LogP contribution < -0.4 is 0 Å². The van der Waals surface area contributed by atoms with Gasteiger partial charge in [-0.1, -0.05) is 26.7 Å². The van der Waals surface area contributed by atoms with Gasteiger partial charge < -0.3 is 9.67 Å². The third-order valence-corrected chi connectivity index (χ3v) is 2.58. The van der Waals surface area contributed by atoms with Gasteiger partial charge in [0.15, 0.2) is 0 Å². The largest absolute Gasteiger partial charge is 0.393 e. The molecule has 0 aliphatic carbocycles. The van der Waals surface area contributed by atoms with Crippen molar-refractivity contribution in [2.24, 2.45) is 0 Å². The van der Waals surface area contributed by atoms with E-state index in [4.69, 9.17) is 0 Å². The van der Waals surface area contributed by atoms with Crippen molar-refractivity contribution in [1.29, 1.82) is 0 Å². The number of rotatable bonds is 7. The fraction of sp³-hybridized carbons (Fsp3) is 0.750. The first-order chi connectivity index (χ1) is 7.27. The number of aliphatic hydroxyl groups is 1. The maximum absolute atomic E-state index is 9.79. The number of aryl methyl sites for hydroxylation is 1. The van der Waals surface area contributed by atoms with Crippen molar-refractivity contribution in [3.63, 3.8) is 0 Å². The molecule has 0 amide bonds. The molecule has 86 valence electrons. The molecule has 1 atom stereocenters. The average molecular weight is 210 g/mol. The van der Waals surface area contributed by atoms with Gasteiger partial charge in [-0.15, -0.1) is 0 Å². The van der Waals surface area contributed by atoms with Gasteiger partial charge in [0.1, 0.15) is 5.82 Å². The van der Waals surface area contributed by atoms with Gasteiger partial charge in [0.05, 0.1) is 6.10 Å². The molecular weight excluding hydrogens is 188 g/mol. The van der Waals surface area contributed by atoms with Gasteiger partial charge in [-0.3, -0.25) is 0 Å². The van der Waals surface area contributed by atoms with Crippen LogP contribution in [0.3, 0.4) is 0 Å². The highest BCUT2D eigenvalue weighted by Gasteiger charge is 2.09. The van der Waals surface area contributed by atoms with E-state index in [1.807, 2.05) is 12.4 Å². The Labute approximate surface area is 92.1 Å². The fourth-order valence-electron chi connectivity index (χ4n) is 1.73. The number of nitrogens with zero attached hydrogens (tertiary/aromatic N) is 2. The molecule has 0 radical (unpaired) electrons. The zero-order chi connectivity index (χ0) is 11.1. The van der Waals surface area contributed by atoms with E-state index in [1.165, 1.54) is 0 Å². The van der Waals surface area contributed by atoms with Crippen molar-refractivity contribution in [3.05, 3.63) is 18.2 Å². The smallest absolute Gasteiger partial charge is 0.111 e. The summed E-state index contributed by atoms with van der Waals surface area (Å²) in [5, 5.41) is 9.79. The number of unbranched alkanes of at least 4 members (excludes halogenated alkanes) is 1. The molecule has 1 aromatic rings. The first kappa shape index (κ1) is 12.2. The van der Waals surface area contributed by atoms with Crippen molar-refractivity contribution in [1.82, 2.24) is 9.55 Å². The van der Waals surface area contributed by atoms with Gasteiger partial charge in [0.25, 0.3) is 0 Å². The maximum Gasteiger partial charge on any atom is 0.111 e. The lowest BCUT2D eigenvalue weighted by Gasteiger charge is -2.11. The number of hydrogen-bond donors (Lipinski definition) is 1. The highest BCUT2D eigenvalue weighted by Crippen LogP contribution is 2.08. The Kier molecular flexibility index (Phi) is 5.40. The van der Waals surface area contributed by atoms with Crippen molar-refractivity contribution in [2.45, 2.75) is 58.6 Å². The Balaban J connectivity index is 2.44. The SMILES string of the molecule is CCCCC(O)Cc1nccn1CCC. The van der Waals surface area contributed by atoms with Gasteiger partial charge in [0, 0.05) is 25.4 Å². The molecule has 1 aromatic heterocycles. The molecule has 0 aromatic carbocycles. The third-order valence-electron chi connectivity index (χ3n) is 2.58. The van der Waals surface area contributed by atoms with Crippen LogP contribution in [0.15, 0.2) is 12.4 Å². The second kappa shape index (κ2) is 6.62. The summed E-state index contributed by atoms with van der Waals surface area (Å²) in [6.07, 6.45) is 8.48. The number of imidazole rings is 1. The first-order valence-corrected chi connectivity index (χ1v) is 5.96. The molecule has 0 aliphatic rings. The summed E-state index contributed by atoms with van der Waals surface area (Å²) in [6, 6.07) is 0. The van der Waals surface area contributed by atoms with Gasteiger partial charge >= 0.3 is 0 Å².